The highest BCUT2D eigenvalue weighted by Gasteiger charge is 2.17. The van der Waals surface area contributed by atoms with Crippen LogP contribution in [0.2, 0.25) is 5.02 Å². The maximum Gasteiger partial charge on any atom is 0.231 e. The second-order valence-electron chi connectivity index (χ2n) is 4.35. The van der Waals surface area contributed by atoms with Crippen LogP contribution in [-0.2, 0) is 6.54 Å². The molecule has 2 aromatic rings. The van der Waals surface area contributed by atoms with E-state index in [0.29, 0.717) is 11.6 Å². The predicted octanol–water partition coefficient (Wildman–Crippen LogP) is 3.69. The minimum absolute atomic E-state index is 0.270. The Morgan fingerprint density at radius 3 is 3.00 bits per heavy atom. The average Bonchev–Trinajstić information content (AvgIpc) is 2.95. The van der Waals surface area contributed by atoms with E-state index in [2.05, 4.69) is 5.32 Å². The van der Waals surface area contributed by atoms with Gasteiger partial charge in [0, 0.05) is 18.2 Å². The summed E-state index contributed by atoms with van der Waals surface area (Å²) in [5.41, 5.74) is 1.85. The Morgan fingerprint density at radius 2 is 2.15 bits per heavy atom. The molecule has 0 aromatic heterocycles. The number of para-hydroxylation sites is 1. The third-order valence-corrected chi connectivity index (χ3v) is 3.45. The number of ether oxygens (including phenoxy) is 3. The molecule has 0 unspecified atom stereocenters. The summed E-state index contributed by atoms with van der Waals surface area (Å²) in [6.07, 6.45) is 0. The standard InChI is InChI=1S/C15H14ClNO3/c1-18-11-5-6-12(16)13(7-11)17-8-10-3-2-4-14-15(10)20-9-19-14/h2-7,17H,8-9H2,1H3. The molecule has 1 aliphatic rings. The van der Waals surface area contributed by atoms with E-state index >= 15 is 0 Å². The van der Waals surface area contributed by atoms with Gasteiger partial charge in [-0.05, 0) is 18.2 Å². The molecule has 0 aliphatic carbocycles. The first kappa shape index (κ1) is 12.9. The van der Waals surface area contributed by atoms with Crippen LogP contribution < -0.4 is 19.5 Å². The number of benzene rings is 2. The van der Waals surface area contributed by atoms with Gasteiger partial charge in [0.2, 0.25) is 6.79 Å². The minimum atomic E-state index is 0.270. The molecule has 1 aliphatic heterocycles. The quantitative estimate of drug-likeness (QED) is 0.932. The van der Waals surface area contributed by atoms with Crippen LogP contribution in [0.1, 0.15) is 5.56 Å². The van der Waals surface area contributed by atoms with Gasteiger partial charge < -0.3 is 19.5 Å². The average molecular weight is 292 g/mol. The molecule has 20 heavy (non-hydrogen) atoms. The predicted molar refractivity (Wildman–Crippen MR) is 77.9 cm³/mol. The number of nitrogens with one attached hydrogen (secondary N) is 1. The maximum atomic E-state index is 6.16. The van der Waals surface area contributed by atoms with Crippen LogP contribution in [0.4, 0.5) is 5.69 Å². The van der Waals surface area contributed by atoms with Gasteiger partial charge in [-0.25, -0.2) is 0 Å². The topological polar surface area (TPSA) is 39.7 Å². The smallest absolute Gasteiger partial charge is 0.231 e. The molecule has 3 rings (SSSR count). The van der Waals surface area contributed by atoms with E-state index in [0.717, 1.165) is 28.5 Å². The second-order valence-corrected chi connectivity index (χ2v) is 4.76. The van der Waals surface area contributed by atoms with E-state index in [-0.39, 0.29) is 6.79 Å². The number of anilines is 1. The van der Waals surface area contributed by atoms with Gasteiger partial charge in [0.05, 0.1) is 17.8 Å². The molecule has 1 heterocycles. The van der Waals surface area contributed by atoms with Crippen LogP contribution in [0.3, 0.4) is 0 Å². The fourth-order valence-electron chi connectivity index (χ4n) is 2.09. The molecule has 0 fully saturated rings. The lowest BCUT2D eigenvalue weighted by Gasteiger charge is -2.11. The number of halogens is 1. The van der Waals surface area contributed by atoms with Crippen LogP contribution in [0.15, 0.2) is 36.4 Å². The lowest BCUT2D eigenvalue weighted by Crippen LogP contribution is -2.02. The molecule has 0 saturated carbocycles. The Kier molecular flexibility index (Phi) is 3.56. The summed E-state index contributed by atoms with van der Waals surface area (Å²) in [6, 6.07) is 11.3. The second kappa shape index (κ2) is 5.51. The van der Waals surface area contributed by atoms with Gasteiger partial charge in [-0.3, -0.25) is 0 Å². The van der Waals surface area contributed by atoms with Crippen molar-refractivity contribution in [3.8, 4) is 17.2 Å². The highest BCUT2D eigenvalue weighted by molar-refractivity contribution is 6.33. The normalized spacial score (nSPS) is 12.3. The Morgan fingerprint density at radius 1 is 1.25 bits per heavy atom. The molecule has 0 spiro atoms. The lowest BCUT2D eigenvalue weighted by atomic mass is 10.2. The van der Waals surface area contributed by atoms with Crippen LogP contribution >= 0.6 is 11.6 Å². The molecule has 0 saturated heterocycles. The Labute approximate surface area is 122 Å². The molecule has 0 amide bonds. The van der Waals surface area contributed by atoms with Crippen LogP contribution in [0.25, 0.3) is 0 Å². The van der Waals surface area contributed by atoms with Crippen molar-refractivity contribution in [3.63, 3.8) is 0 Å². The third-order valence-electron chi connectivity index (χ3n) is 3.12. The van der Waals surface area contributed by atoms with Gasteiger partial charge in [-0.2, -0.15) is 0 Å². The van der Waals surface area contributed by atoms with Gasteiger partial charge >= 0.3 is 0 Å². The molecule has 0 bridgehead atoms. The summed E-state index contributed by atoms with van der Waals surface area (Å²) in [7, 11) is 1.63. The fourth-order valence-corrected chi connectivity index (χ4v) is 2.27. The Bertz CT molecular complexity index is 631. The van der Waals surface area contributed by atoms with E-state index in [1.165, 1.54) is 0 Å². The van der Waals surface area contributed by atoms with Gasteiger partial charge in [0.15, 0.2) is 11.5 Å². The summed E-state index contributed by atoms with van der Waals surface area (Å²) < 4.78 is 16.0. The summed E-state index contributed by atoms with van der Waals surface area (Å²) in [5.74, 6) is 2.33. The number of hydrogen-bond donors (Lipinski definition) is 1. The molecule has 5 heteroatoms. The molecule has 104 valence electrons. The first-order chi connectivity index (χ1) is 9.78. The monoisotopic (exact) mass is 291 g/mol. The highest BCUT2D eigenvalue weighted by Crippen LogP contribution is 2.36. The summed E-state index contributed by atoms with van der Waals surface area (Å²) in [5, 5.41) is 3.93. The van der Waals surface area contributed by atoms with Crippen LogP contribution in [0.5, 0.6) is 17.2 Å². The van der Waals surface area contributed by atoms with Crippen molar-refractivity contribution < 1.29 is 14.2 Å². The van der Waals surface area contributed by atoms with Crippen molar-refractivity contribution in [2.45, 2.75) is 6.54 Å². The van der Waals surface area contributed by atoms with Gasteiger partial charge in [0.25, 0.3) is 0 Å². The van der Waals surface area contributed by atoms with E-state index in [9.17, 15) is 0 Å². The van der Waals surface area contributed by atoms with Crippen molar-refractivity contribution in [1.82, 2.24) is 0 Å². The molecule has 1 N–H and O–H groups in total. The summed E-state index contributed by atoms with van der Waals surface area (Å²) >= 11 is 6.16. The van der Waals surface area contributed by atoms with Crippen LogP contribution in [0, 0.1) is 0 Å². The van der Waals surface area contributed by atoms with E-state index in [4.69, 9.17) is 25.8 Å². The van der Waals surface area contributed by atoms with Crippen molar-refractivity contribution in [1.29, 1.82) is 0 Å². The molecule has 0 atom stereocenters. The first-order valence-corrected chi connectivity index (χ1v) is 6.60. The molecular weight excluding hydrogens is 278 g/mol. The molecule has 0 radical (unpaired) electrons. The summed E-state index contributed by atoms with van der Waals surface area (Å²) in [4.78, 5) is 0. The first-order valence-electron chi connectivity index (χ1n) is 6.23. The number of rotatable bonds is 4. The van der Waals surface area contributed by atoms with E-state index < -0.39 is 0 Å². The lowest BCUT2D eigenvalue weighted by molar-refractivity contribution is 0.173. The molecular formula is C15H14ClNO3. The third kappa shape index (κ3) is 2.47. The fraction of sp³-hybridized carbons (Fsp3) is 0.200. The SMILES string of the molecule is COc1ccc(Cl)c(NCc2cccc3c2OCO3)c1. The Hall–Kier alpha value is -2.07. The number of fused-ring (bicyclic) bond motifs is 1. The number of hydrogen-bond acceptors (Lipinski definition) is 4. The highest BCUT2D eigenvalue weighted by atomic mass is 35.5. The zero-order valence-electron chi connectivity index (χ0n) is 11.0. The van der Waals surface area contributed by atoms with E-state index in [1.807, 2.05) is 30.3 Å². The summed E-state index contributed by atoms with van der Waals surface area (Å²) in [6.45, 7) is 0.867. The van der Waals surface area contributed by atoms with Crippen molar-refractivity contribution in [2.24, 2.45) is 0 Å². The number of methoxy groups -OCH3 is 1. The zero-order chi connectivity index (χ0) is 13.9. The van der Waals surface area contributed by atoms with Gasteiger partial charge in [-0.15, -0.1) is 0 Å². The van der Waals surface area contributed by atoms with Crippen molar-refractivity contribution in [2.75, 3.05) is 19.2 Å². The Balaban J connectivity index is 1.79. The van der Waals surface area contributed by atoms with Crippen LogP contribution in [-0.4, -0.2) is 13.9 Å². The van der Waals surface area contributed by atoms with Crippen molar-refractivity contribution in [3.05, 3.63) is 47.0 Å². The minimum Gasteiger partial charge on any atom is -0.497 e. The van der Waals surface area contributed by atoms with Gasteiger partial charge in [0.1, 0.15) is 5.75 Å². The van der Waals surface area contributed by atoms with Gasteiger partial charge in [-0.1, -0.05) is 23.7 Å². The maximum absolute atomic E-state index is 6.16. The van der Waals surface area contributed by atoms with Crippen molar-refractivity contribution >= 4 is 17.3 Å². The molecule has 2 aromatic carbocycles. The zero-order valence-corrected chi connectivity index (χ0v) is 11.7. The van der Waals surface area contributed by atoms with E-state index in [1.54, 1.807) is 13.2 Å². The molecule has 4 nitrogen and oxygen atoms in total. The largest absolute Gasteiger partial charge is 0.497 e.